The van der Waals surface area contributed by atoms with Crippen LogP contribution >= 0.6 is 11.3 Å². The van der Waals surface area contributed by atoms with Crippen molar-refractivity contribution in [2.24, 2.45) is 0 Å². The van der Waals surface area contributed by atoms with Gasteiger partial charge in [-0.2, -0.15) is 0 Å². The lowest BCUT2D eigenvalue weighted by molar-refractivity contribution is 0.546. The summed E-state index contributed by atoms with van der Waals surface area (Å²) in [5.74, 6) is -1.33. The van der Waals surface area contributed by atoms with Crippen molar-refractivity contribution in [3.05, 3.63) is 76.6 Å². The molecule has 0 amide bonds. The number of rotatable bonds is 6. The molecule has 3 aromatic rings. The standard InChI is InChI=1S/C18H15F3N2S/c19-13-6-4-12(5-7-13)18-23-14(11-24-18)10-22-9-8-15-16(20)2-1-3-17(15)21/h1-7,11,22H,8-10H2. The van der Waals surface area contributed by atoms with Crippen LogP contribution in [-0.4, -0.2) is 11.5 Å². The van der Waals surface area contributed by atoms with E-state index in [1.165, 1.54) is 41.7 Å². The Balaban J connectivity index is 1.53. The number of hydrogen-bond acceptors (Lipinski definition) is 3. The third-order valence-electron chi connectivity index (χ3n) is 3.56. The van der Waals surface area contributed by atoms with Crippen LogP contribution in [0.25, 0.3) is 10.6 Å². The fourth-order valence-electron chi connectivity index (χ4n) is 2.31. The highest BCUT2D eigenvalue weighted by Gasteiger charge is 2.08. The third-order valence-corrected chi connectivity index (χ3v) is 4.50. The molecule has 1 aromatic heterocycles. The summed E-state index contributed by atoms with van der Waals surface area (Å²) < 4.78 is 40.0. The van der Waals surface area contributed by atoms with Gasteiger partial charge in [-0.3, -0.25) is 0 Å². The molecule has 3 rings (SSSR count). The molecule has 2 aromatic carbocycles. The lowest BCUT2D eigenvalue weighted by atomic mass is 10.1. The molecule has 6 heteroatoms. The van der Waals surface area contributed by atoms with Gasteiger partial charge in [-0.05, 0) is 49.4 Å². The predicted molar refractivity (Wildman–Crippen MR) is 89.3 cm³/mol. The number of nitrogens with zero attached hydrogens (tertiary/aromatic N) is 1. The zero-order valence-corrected chi connectivity index (χ0v) is 13.5. The van der Waals surface area contributed by atoms with Gasteiger partial charge in [0, 0.05) is 23.1 Å². The molecule has 0 saturated carbocycles. The monoisotopic (exact) mass is 348 g/mol. The van der Waals surface area contributed by atoms with Crippen LogP contribution in [0.15, 0.2) is 47.8 Å². The van der Waals surface area contributed by atoms with Gasteiger partial charge in [0.05, 0.1) is 5.69 Å². The minimum absolute atomic E-state index is 0.0929. The molecule has 0 radical (unpaired) electrons. The molecule has 0 spiro atoms. The number of thiazole rings is 1. The first kappa shape index (κ1) is 16.7. The van der Waals surface area contributed by atoms with E-state index in [-0.39, 0.29) is 17.8 Å². The lowest BCUT2D eigenvalue weighted by Crippen LogP contribution is -2.18. The Bertz CT molecular complexity index is 795. The van der Waals surface area contributed by atoms with Crippen LogP contribution < -0.4 is 5.32 Å². The van der Waals surface area contributed by atoms with Crippen molar-refractivity contribution in [1.29, 1.82) is 0 Å². The van der Waals surface area contributed by atoms with E-state index in [0.717, 1.165) is 16.3 Å². The molecule has 2 nitrogen and oxygen atoms in total. The maximum absolute atomic E-state index is 13.5. The number of aromatic nitrogens is 1. The average molecular weight is 348 g/mol. The Labute approximate surface area is 142 Å². The molecule has 24 heavy (non-hydrogen) atoms. The molecular formula is C18H15F3N2S. The van der Waals surface area contributed by atoms with Gasteiger partial charge in [0.25, 0.3) is 0 Å². The van der Waals surface area contributed by atoms with Gasteiger partial charge in [0.2, 0.25) is 0 Å². The van der Waals surface area contributed by atoms with Gasteiger partial charge in [-0.1, -0.05) is 6.07 Å². The summed E-state index contributed by atoms with van der Waals surface area (Å²) >= 11 is 1.47. The summed E-state index contributed by atoms with van der Waals surface area (Å²) in [5, 5.41) is 5.85. The number of hydrogen-bond donors (Lipinski definition) is 1. The second kappa shape index (κ2) is 7.59. The van der Waals surface area contributed by atoms with Gasteiger partial charge in [0.15, 0.2) is 0 Å². The van der Waals surface area contributed by atoms with E-state index in [1.807, 2.05) is 5.38 Å². The molecule has 124 valence electrons. The first-order valence-electron chi connectivity index (χ1n) is 7.47. The lowest BCUT2D eigenvalue weighted by Gasteiger charge is -2.05. The van der Waals surface area contributed by atoms with Crippen molar-refractivity contribution in [1.82, 2.24) is 10.3 Å². The Morgan fingerprint density at radius 2 is 1.67 bits per heavy atom. The molecule has 0 fully saturated rings. The molecule has 0 saturated heterocycles. The highest BCUT2D eigenvalue weighted by molar-refractivity contribution is 7.13. The first-order valence-corrected chi connectivity index (χ1v) is 8.35. The van der Waals surface area contributed by atoms with Crippen molar-refractivity contribution in [3.63, 3.8) is 0 Å². The van der Waals surface area contributed by atoms with E-state index in [2.05, 4.69) is 10.3 Å². The second-order valence-electron chi connectivity index (χ2n) is 5.28. The number of benzene rings is 2. The van der Waals surface area contributed by atoms with Crippen LogP contribution in [0.3, 0.4) is 0 Å². The van der Waals surface area contributed by atoms with E-state index in [0.29, 0.717) is 13.1 Å². The molecule has 0 atom stereocenters. The summed E-state index contributed by atoms with van der Waals surface area (Å²) in [7, 11) is 0. The summed E-state index contributed by atoms with van der Waals surface area (Å²) in [6.45, 7) is 0.953. The zero-order valence-electron chi connectivity index (χ0n) is 12.7. The fourth-order valence-corrected chi connectivity index (χ4v) is 3.14. The van der Waals surface area contributed by atoms with Gasteiger partial charge in [-0.15, -0.1) is 11.3 Å². The van der Waals surface area contributed by atoms with Crippen molar-refractivity contribution in [3.8, 4) is 10.6 Å². The minimum atomic E-state index is -0.524. The van der Waals surface area contributed by atoms with Crippen LogP contribution in [0.5, 0.6) is 0 Å². The van der Waals surface area contributed by atoms with E-state index >= 15 is 0 Å². The summed E-state index contributed by atoms with van der Waals surface area (Å²) in [6, 6.07) is 10.0. The third kappa shape index (κ3) is 4.01. The molecular weight excluding hydrogens is 333 g/mol. The SMILES string of the molecule is Fc1ccc(-c2nc(CNCCc3c(F)cccc3F)cs2)cc1. The van der Waals surface area contributed by atoms with Crippen molar-refractivity contribution >= 4 is 11.3 Å². The topological polar surface area (TPSA) is 24.9 Å². The largest absolute Gasteiger partial charge is 0.311 e. The van der Waals surface area contributed by atoms with E-state index < -0.39 is 11.6 Å². The number of halogens is 3. The normalized spacial score (nSPS) is 11.0. The Kier molecular flexibility index (Phi) is 5.27. The maximum atomic E-state index is 13.5. The quantitative estimate of drug-likeness (QED) is 0.661. The predicted octanol–water partition coefficient (Wildman–Crippen LogP) is 4.56. The van der Waals surface area contributed by atoms with Gasteiger partial charge in [-0.25, -0.2) is 18.2 Å². The van der Waals surface area contributed by atoms with E-state index in [4.69, 9.17) is 0 Å². The van der Waals surface area contributed by atoms with Crippen LogP contribution in [0.2, 0.25) is 0 Å². The van der Waals surface area contributed by atoms with Crippen LogP contribution in [-0.2, 0) is 13.0 Å². The van der Waals surface area contributed by atoms with Gasteiger partial charge < -0.3 is 5.32 Å². The van der Waals surface area contributed by atoms with Gasteiger partial charge >= 0.3 is 0 Å². The Morgan fingerprint density at radius 1 is 0.958 bits per heavy atom. The van der Waals surface area contributed by atoms with E-state index in [9.17, 15) is 13.2 Å². The van der Waals surface area contributed by atoms with Crippen LogP contribution in [0.4, 0.5) is 13.2 Å². The maximum Gasteiger partial charge on any atom is 0.129 e. The molecule has 1 N–H and O–H groups in total. The van der Waals surface area contributed by atoms with E-state index in [1.54, 1.807) is 12.1 Å². The van der Waals surface area contributed by atoms with Crippen molar-refractivity contribution < 1.29 is 13.2 Å². The smallest absolute Gasteiger partial charge is 0.129 e. The summed E-state index contributed by atoms with van der Waals surface area (Å²) in [5.41, 5.74) is 1.80. The molecule has 0 aliphatic carbocycles. The number of nitrogens with one attached hydrogen (secondary N) is 1. The van der Waals surface area contributed by atoms with Crippen LogP contribution in [0.1, 0.15) is 11.3 Å². The van der Waals surface area contributed by atoms with Crippen LogP contribution in [0, 0.1) is 17.5 Å². The molecule has 0 unspecified atom stereocenters. The first-order chi connectivity index (χ1) is 11.6. The molecule has 0 aliphatic heterocycles. The Morgan fingerprint density at radius 3 is 2.38 bits per heavy atom. The average Bonchev–Trinajstić information content (AvgIpc) is 3.03. The summed E-state index contributed by atoms with van der Waals surface area (Å²) in [6.07, 6.45) is 0.271. The van der Waals surface area contributed by atoms with Gasteiger partial charge in [0.1, 0.15) is 22.5 Å². The van der Waals surface area contributed by atoms with Crippen molar-refractivity contribution in [2.45, 2.75) is 13.0 Å². The molecule has 0 aliphatic rings. The molecule has 1 heterocycles. The fraction of sp³-hybridized carbons (Fsp3) is 0.167. The highest BCUT2D eigenvalue weighted by Crippen LogP contribution is 2.23. The van der Waals surface area contributed by atoms with Crippen molar-refractivity contribution in [2.75, 3.05) is 6.54 Å². The minimum Gasteiger partial charge on any atom is -0.311 e. The summed E-state index contributed by atoms with van der Waals surface area (Å²) in [4.78, 5) is 4.48. The highest BCUT2D eigenvalue weighted by atomic mass is 32.1. The second-order valence-corrected chi connectivity index (χ2v) is 6.14. The molecule has 0 bridgehead atoms. The Hall–Kier alpha value is -2.18. The zero-order chi connectivity index (χ0) is 16.9.